The SMILES string of the molecule is Cc1ncc(CCCCCCCCCCCCCCCCCl)c(C)c1C. The fourth-order valence-electron chi connectivity index (χ4n) is 3.66. The molecule has 26 heavy (non-hydrogen) atoms. The second-order valence-corrected chi connectivity index (χ2v) is 8.39. The molecule has 150 valence electrons. The summed E-state index contributed by atoms with van der Waals surface area (Å²) in [5.41, 5.74) is 5.46. The molecule has 0 aliphatic heterocycles. The van der Waals surface area contributed by atoms with Crippen LogP contribution < -0.4 is 0 Å². The number of aromatic nitrogens is 1. The molecule has 1 heterocycles. The number of halogens is 1. The topological polar surface area (TPSA) is 12.9 Å². The number of hydrogen-bond donors (Lipinski definition) is 0. The van der Waals surface area contributed by atoms with Gasteiger partial charge in [-0.2, -0.15) is 0 Å². The molecule has 0 saturated carbocycles. The van der Waals surface area contributed by atoms with Crippen molar-refractivity contribution >= 4 is 11.6 Å². The van der Waals surface area contributed by atoms with Gasteiger partial charge >= 0.3 is 0 Å². The van der Waals surface area contributed by atoms with Crippen molar-refractivity contribution < 1.29 is 0 Å². The van der Waals surface area contributed by atoms with Crippen molar-refractivity contribution in [1.82, 2.24) is 4.98 Å². The molecule has 1 rings (SSSR count). The van der Waals surface area contributed by atoms with E-state index in [4.69, 9.17) is 11.6 Å². The standard InChI is InChI=1S/C24H42ClN/c1-21-22(2)24(20-26-23(21)3)18-16-14-12-10-8-6-4-5-7-9-11-13-15-17-19-25/h20H,4-19H2,1-3H3. The maximum atomic E-state index is 5.69. The summed E-state index contributed by atoms with van der Waals surface area (Å²) in [5, 5.41) is 0. The average molecular weight is 380 g/mol. The van der Waals surface area contributed by atoms with Gasteiger partial charge in [-0.3, -0.25) is 4.98 Å². The van der Waals surface area contributed by atoms with Crippen LogP contribution in [0.25, 0.3) is 0 Å². The Morgan fingerprint density at radius 1 is 0.615 bits per heavy atom. The number of rotatable bonds is 16. The molecule has 0 atom stereocenters. The zero-order valence-corrected chi connectivity index (χ0v) is 18.5. The molecule has 1 aromatic rings. The maximum Gasteiger partial charge on any atom is 0.0404 e. The lowest BCUT2D eigenvalue weighted by atomic mass is 9.99. The molecule has 2 heteroatoms. The quantitative estimate of drug-likeness (QED) is 0.208. The number of aryl methyl sites for hydroxylation is 2. The molecule has 1 aromatic heterocycles. The Bertz CT molecular complexity index is 470. The van der Waals surface area contributed by atoms with Crippen LogP contribution >= 0.6 is 11.6 Å². The lowest BCUT2D eigenvalue weighted by Crippen LogP contribution is -1.98. The maximum absolute atomic E-state index is 5.69. The first-order chi connectivity index (χ1) is 12.7. The highest BCUT2D eigenvalue weighted by Gasteiger charge is 2.04. The zero-order valence-electron chi connectivity index (χ0n) is 17.7. The van der Waals surface area contributed by atoms with Crippen molar-refractivity contribution in [2.75, 3.05) is 5.88 Å². The van der Waals surface area contributed by atoms with E-state index in [0.29, 0.717) is 0 Å². The predicted molar refractivity (Wildman–Crippen MR) is 118 cm³/mol. The molecule has 0 fully saturated rings. The van der Waals surface area contributed by atoms with E-state index in [-0.39, 0.29) is 0 Å². The summed E-state index contributed by atoms with van der Waals surface area (Å²) in [5.74, 6) is 0.836. The lowest BCUT2D eigenvalue weighted by Gasteiger charge is -2.10. The number of pyridine rings is 1. The summed E-state index contributed by atoms with van der Waals surface area (Å²) >= 11 is 5.69. The first-order valence-electron chi connectivity index (χ1n) is 11.1. The van der Waals surface area contributed by atoms with Gasteiger partial charge in [0, 0.05) is 17.8 Å². The van der Waals surface area contributed by atoms with Crippen molar-refractivity contribution in [3.05, 3.63) is 28.6 Å². The zero-order chi connectivity index (χ0) is 19.0. The Balaban J connectivity index is 1.87. The molecule has 0 bridgehead atoms. The third-order valence-electron chi connectivity index (χ3n) is 5.83. The third kappa shape index (κ3) is 10.6. The van der Waals surface area contributed by atoms with E-state index in [1.165, 1.54) is 119 Å². The van der Waals surface area contributed by atoms with Gasteiger partial charge in [0.1, 0.15) is 0 Å². The van der Waals surface area contributed by atoms with Gasteiger partial charge < -0.3 is 0 Å². The van der Waals surface area contributed by atoms with Crippen LogP contribution in [0, 0.1) is 20.8 Å². The third-order valence-corrected chi connectivity index (χ3v) is 6.10. The molecular formula is C24H42ClN. The highest BCUT2D eigenvalue weighted by molar-refractivity contribution is 6.17. The van der Waals surface area contributed by atoms with Gasteiger partial charge in [0.25, 0.3) is 0 Å². The van der Waals surface area contributed by atoms with Gasteiger partial charge in [-0.1, -0.05) is 77.0 Å². The van der Waals surface area contributed by atoms with Crippen LogP contribution in [0.1, 0.15) is 112 Å². The molecule has 1 nitrogen and oxygen atoms in total. The molecule has 0 aromatic carbocycles. The number of hydrogen-bond acceptors (Lipinski definition) is 1. The summed E-state index contributed by atoms with van der Waals surface area (Å²) in [6.45, 7) is 6.55. The Morgan fingerprint density at radius 2 is 1.04 bits per heavy atom. The second-order valence-electron chi connectivity index (χ2n) is 8.01. The molecule has 0 spiro atoms. The van der Waals surface area contributed by atoms with E-state index in [9.17, 15) is 0 Å². The van der Waals surface area contributed by atoms with Crippen LogP contribution in [-0.2, 0) is 6.42 Å². The van der Waals surface area contributed by atoms with Gasteiger partial charge in [0.2, 0.25) is 0 Å². The fraction of sp³-hybridized carbons (Fsp3) is 0.792. The van der Waals surface area contributed by atoms with Crippen molar-refractivity contribution in [3.8, 4) is 0 Å². The Labute approximate surface area is 168 Å². The van der Waals surface area contributed by atoms with Gasteiger partial charge in [-0.25, -0.2) is 0 Å². The molecule has 0 N–H and O–H groups in total. The van der Waals surface area contributed by atoms with E-state index in [1.807, 2.05) is 0 Å². The van der Waals surface area contributed by atoms with Gasteiger partial charge in [0.15, 0.2) is 0 Å². The van der Waals surface area contributed by atoms with Gasteiger partial charge in [-0.15, -0.1) is 11.6 Å². The highest BCUT2D eigenvalue weighted by Crippen LogP contribution is 2.18. The summed E-state index contributed by atoms with van der Waals surface area (Å²) < 4.78 is 0. The van der Waals surface area contributed by atoms with E-state index in [2.05, 4.69) is 32.0 Å². The number of nitrogens with zero attached hydrogens (tertiary/aromatic N) is 1. The Hall–Kier alpha value is -0.560. The minimum atomic E-state index is 0.836. The molecule has 0 saturated heterocycles. The molecule has 0 unspecified atom stereocenters. The molecule has 0 aliphatic carbocycles. The van der Waals surface area contributed by atoms with Gasteiger partial charge in [0.05, 0.1) is 0 Å². The normalized spacial score (nSPS) is 11.2. The minimum Gasteiger partial charge on any atom is -0.261 e. The average Bonchev–Trinajstić information content (AvgIpc) is 2.64. The van der Waals surface area contributed by atoms with E-state index in [0.717, 1.165) is 5.88 Å². The van der Waals surface area contributed by atoms with Crippen LogP contribution in [0.5, 0.6) is 0 Å². The van der Waals surface area contributed by atoms with Crippen LogP contribution in [0.4, 0.5) is 0 Å². The van der Waals surface area contributed by atoms with E-state index in [1.54, 1.807) is 0 Å². The molecule has 0 amide bonds. The Kier molecular flexibility index (Phi) is 14.0. The van der Waals surface area contributed by atoms with Crippen molar-refractivity contribution in [2.24, 2.45) is 0 Å². The minimum absolute atomic E-state index is 0.836. The molecule has 0 aliphatic rings. The van der Waals surface area contributed by atoms with E-state index < -0.39 is 0 Å². The number of alkyl halides is 1. The van der Waals surface area contributed by atoms with Crippen molar-refractivity contribution in [1.29, 1.82) is 0 Å². The monoisotopic (exact) mass is 379 g/mol. The Morgan fingerprint density at radius 3 is 1.50 bits per heavy atom. The largest absolute Gasteiger partial charge is 0.261 e. The van der Waals surface area contributed by atoms with Crippen LogP contribution in [0.3, 0.4) is 0 Å². The first-order valence-corrected chi connectivity index (χ1v) is 11.7. The lowest BCUT2D eigenvalue weighted by molar-refractivity contribution is 0.535. The van der Waals surface area contributed by atoms with Crippen molar-refractivity contribution in [3.63, 3.8) is 0 Å². The van der Waals surface area contributed by atoms with Crippen LogP contribution in [0.2, 0.25) is 0 Å². The second kappa shape index (κ2) is 15.5. The first kappa shape index (κ1) is 23.5. The van der Waals surface area contributed by atoms with Crippen LogP contribution in [-0.4, -0.2) is 10.9 Å². The van der Waals surface area contributed by atoms with Crippen LogP contribution in [0.15, 0.2) is 6.20 Å². The smallest absolute Gasteiger partial charge is 0.0404 e. The van der Waals surface area contributed by atoms with Crippen molar-refractivity contribution in [2.45, 2.75) is 117 Å². The summed E-state index contributed by atoms with van der Waals surface area (Å²) in [4.78, 5) is 4.52. The number of unbranched alkanes of at least 4 members (excludes halogenated alkanes) is 13. The molecule has 0 radical (unpaired) electrons. The van der Waals surface area contributed by atoms with E-state index >= 15 is 0 Å². The fourth-order valence-corrected chi connectivity index (χ4v) is 3.85. The highest BCUT2D eigenvalue weighted by atomic mass is 35.5. The summed E-state index contributed by atoms with van der Waals surface area (Å²) in [7, 11) is 0. The summed E-state index contributed by atoms with van der Waals surface area (Å²) in [6.07, 6.45) is 22.7. The summed E-state index contributed by atoms with van der Waals surface area (Å²) in [6, 6.07) is 0. The predicted octanol–water partition coefficient (Wildman–Crippen LogP) is 8.25. The molecular weight excluding hydrogens is 338 g/mol. The van der Waals surface area contributed by atoms with Gasteiger partial charge in [-0.05, 0) is 56.7 Å².